The summed E-state index contributed by atoms with van der Waals surface area (Å²) in [5.74, 6) is -0.0306. The lowest BCUT2D eigenvalue weighted by molar-refractivity contribution is 0.0991. The number of hydrogen-bond donors (Lipinski definition) is 0. The number of Topliss-reactive ketones (excluding diaryl/α,β-unsaturated/α-hetero) is 1. The summed E-state index contributed by atoms with van der Waals surface area (Å²) in [5.41, 5.74) is 6.11. The van der Waals surface area contributed by atoms with Gasteiger partial charge in [-0.2, -0.15) is 0 Å². The zero-order valence-electron chi connectivity index (χ0n) is 12.9. The summed E-state index contributed by atoms with van der Waals surface area (Å²) in [6, 6.07) is 6.15. The number of halogens is 2. The number of rotatable bonds is 3. The summed E-state index contributed by atoms with van der Waals surface area (Å²) >= 11 is 9.60. The van der Waals surface area contributed by atoms with Gasteiger partial charge in [0.15, 0.2) is 5.78 Å². The van der Waals surface area contributed by atoms with Crippen molar-refractivity contribution in [1.29, 1.82) is 0 Å². The molecule has 112 valence electrons. The highest BCUT2D eigenvalue weighted by molar-refractivity contribution is 9.10. The summed E-state index contributed by atoms with van der Waals surface area (Å²) in [7, 11) is 0. The van der Waals surface area contributed by atoms with E-state index in [0.29, 0.717) is 5.56 Å². The third-order valence-corrected chi connectivity index (χ3v) is 4.48. The molecule has 0 amide bonds. The van der Waals surface area contributed by atoms with Gasteiger partial charge in [-0.25, -0.2) is 0 Å². The second kappa shape index (κ2) is 5.98. The van der Waals surface area contributed by atoms with Gasteiger partial charge in [-0.15, -0.1) is 11.6 Å². The lowest BCUT2D eigenvalue weighted by Gasteiger charge is -2.16. The summed E-state index contributed by atoms with van der Waals surface area (Å²) in [6.07, 6.45) is 0. The van der Waals surface area contributed by atoms with Crippen LogP contribution in [-0.4, -0.2) is 15.7 Å². The van der Waals surface area contributed by atoms with Gasteiger partial charge in [-0.1, -0.05) is 6.07 Å². The van der Waals surface area contributed by atoms with E-state index in [9.17, 15) is 4.79 Å². The van der Waals surface area contributed by atoms with E-state index < -0.39 is 5.38 Å². The Balaban J connectivity index is 2.70. The fraction of sp³-hybridized carbons (Fsp3) is 0.353. The first kappa shape index (κ1) is 16.3. The van der Waals surface area contributed by atoms with Gasteiger partial charge >= 0.3 is 0 Å². The minimum absolute atomic E-state index is 0.0306. The largest absolute Gasteiger partial charge is 0.316 e. The molecule has 1 aromatic carbocycles. The Morgan fingerprint density at radius 1 is 1.19 bits per heavy atom. The van der Waals surface area contributed by atoms with Gasteiger partial charge in [0.05, 0.1) is 11.1 Å². The maximum Gasteiger partial charge on any atom is 0.182 e. The van der Waals surface area contributed by atoms with Gasteiger partial charge in [0, 0.05) is 21.4 Å². The van der Waals surface area contributed by atoms with E-state index in [4.69, 9.17) is 11.6 Å². The van der Waals surface area contributed by atoms with Crippen LogP contribution in [0.1, 0.15) is 39.8 Å². The van der Waals surface area contributed by atoms with Crippen molar-refractivity contribution < 1.29 is 4.79 Å². The van der Waals surface area contributed by atoms with E-state index in [0.717, 1.165) is 21.5 Å². The number of aryl methyl sites for hydroxylation is 3. The summed E-state index contributed by atoms with van der Waals surface area (Å²) < 4.78 is 3.14. The lowest BCUT2D eigenvalue weighted by atomic mass is 10.1. The molecule has 0 N–H and O–H groups in total. The molecule has 0 saturated heterocycles. The van der Waals surface area contributed by atoms with Crippen LogP contribution in [0.4, 0.5) is 0 Å². The Bertz CT molecular complexity index is 693. The van der Waals surface area contributed by atoms with Crippen molar-refractivity contribution >= 4 is 33.3 Å². The molecule has 2 rings (SSSR count). The van der Waals surface area contributed by atoms with Crippen molar-refractivity contribution in [1.82, 2.24) is 4.57 Å². The summed E-state index contributed by atoms with van der Waals surface area (Å²) in [6.45, 7) is 9.83. The maximum atomic E-state index is 12.2. The predicted molar refractivity (Wildman–Crippen MR) is 92.1 cm³/mol. The molecule has 4 heteroatoms. The maximum absolute atomic E-state index is 12.2. The molecule has 0 spiro atoms. The molecule has 2 aromatic rings. The van der Waals surface area contributed by atoms with Gasteiger partial charge < -0.3 is 4.57 Å². The van der Waals surface area contributed by atoms with E-state index in [1.807, 2.05) is 19.9 Å². The van der Waals surface area contributed by atoms with Crippen LogP contribution in [-0.2, 0) is 0 Å². The van der Waals surface area contributed by atoms with Gasteiger partial charge in [0.2, 0.25) is 0 Å². The third-order valence-electron chi connectivity index (χ3n) is 3.68. The second-order valence-electron chi connectivity index (χ2n) is 5.51. The van der Waals surface area contributed by atoms with Gasteiger partial charge in [0.25, 0.3) is 0 Å². The molecule has 1 heterocycles. The SMILES string of the molecule is Cc1cc(C)c(-n2c(C)cc(C(=O)C(C)Cl)c2C)c(Br)c1. The number of hydrogen-bond acceptors (Lipinski definition) is 1. The quantitative estimate of drug-likeness (QED) is 0.533. The highest BCUT2D eigenvalue weighted by Gasteiger charge is 2.21. The molecule has 1 aromatic heterocycles. The number of aromatic nitrogens is 1. The number of nitrogens with zero attached hydrogens (tertiary/aromatic N) is 1. The van der Waals surface area contributed by atoms with Crippen molar-refractivity contribution in [3.63, 3.8) is 0 Å². The smallest absolute Gasteiger partial charge is 0.182 e. The van der Waals surface area contributed by atoms with Gasteiger partial charge in [0.1, 0.15) is 0 Å². The molecule has 21 heavy (non-hydrogen) atoms. The van der Waals surface area contributed by atoms with E-state index >= 15 is 0 Å². The van der Waals surface area contributed by atoms with Crippen LogP contribution in [0.15, 0.2) is 22.7 Å². The van der Waals surface area contributed by atoms with E-state index in [1.165, 1.54) is 11.1 Å². The van der Waals surface area contributed by atoms with Crippen molar-refractivity contribution in [2.45, 2.75) is 40.0 Å². The predicted octanol–water partition coefficient (Wildman–Crippen LogP) is 5.28. The minimum Gasteiger partial charge on any atom is -0.316 e. The number of ketones is 1. The zero-order valence-corrected chi connectivity index (χ0v) is 15.3. The van der Waals surface area contributed by atoms with E-state index in [2.05, 4.69) is 46.5 Å². The molecular formula is C17H19BrClNO. The minimum atomic E-state index is -0.512. The fourth-order valence-corrected chi connectivity index (χ4v) is 3.73. The van der Waals surface area contributed by atoms with Crippen LogP contribution in [0.2, 0.25) is 0 Å². The van der Waals surface area contributed by atoms with Crippen molar-refractivity contribution in [2.24, 2.45) is 0 Å². The normalized spacial score (nSPS) is 12.5. The molecule has 1 unspecified atom stereocenters. The first-order chi connectivity index (χ1) is 9.73. The van der Waals surface area contributed by atoms with Crippen LogP contribution in [0.25, 0.3) is 5.69 Å². The Morgan fingerprint density at radius 2 is 1.81 bits per heavy atom. The van der Waals surface area contributed by atoms with Crippen LogP contribution in [0, 0.1) is 27.7 Å². The average Bonchev–Trinajstić information content (AvgIpc) is 2.64. The lowest BCUT2D eigenvalue weighted by Crippen LogP contribution is -2.12. The molecule has 0 radical (unpaired) electrons. The Morgan fingerprint density at radius 3 is 2.33 bits per heavy atom. The van der Waals surface area contributed by atoms with E-state index in [-0.39, 0.29) is 5.78 Å². The second-order valence-corrected chi connectivity index (χ2v) is 7.02. The highest BCUT2D eigenvalue weighted by Crippen LogP contribution is 2.31. The number of benzene rings is 1. The molecule has 0 bridgehead atoms. The number of carbonyl (C=O) groups excluding carboxylic acids is 1. The summed E-state index contributed by atoms with van der Waals surface area (Å²) in [4.78, 5) is 12.2. The summed E-state index contributed by atoms with van der Waals surface area (Å²) in [5, 5.41) is -0.512. The topological polar surface area (TPSA) is 22.0 Å². The van der Waals surface area contributed by atoms with Gasteiger partial charge in [-0.05, 0) is 73.8 Å². The van der Waals surface area contributed by atoms with Gasteiger partial charge in [-0.3, -0.25) is 4.79 Å². The zero-order chi connectivity index (χ0) is 15.9. The first-order valence-corrected chi connectivity index (χ1v) is 8.11. The van der Waals surface area contributed by atoms with Crippen LogP contribution >= 0.6 is 27.5 Å². The average molecular weight is 369 g/mol. The van der Waals surface area contributed by atoms with Crippen molar-refractivity contribution in [2.75, 3.05) is 0 Å². The molecule has 0 aliphatic rings. The molecule has 0 saturated carbocycles. The Labute approximate surface area is 139 Å². The third kappa shape index (κ3) is 2.95. The Hall–Kier alpha value is -1.06. The highest BCUT2D eigenvalue weighted by atomic mass is 79.9. The van der Waals surface area contributed by atoms with Crippen LogP contribution in [0.3, 0.4) is 0 Å². The van der Waals surface area contributed by atoms with Crippen molar-refractivity contribution in [3.05, 3.63) is 50.8 Å². The molecule has 2 nitrogen and oxygen atoms in total. The molecule has 0 aliphatic heterocycles. The Kier molecular flexibility index (Phi) is 4.64. The number of carbonyl (C=O) groups is 1. The standard InChI is InChI=1S/C17H19BrClNO/c1-9-6-10(2)16(15(18)7-9)20-11(3)8-14(13(20)5)17(21)12(4)19/h6-8,12H,1-5H3. The van der Waals surface area contributed by atoms with Crippen molar-refractivity contribution in [3.8, 4) is 5.69 Å². The fourth-order valence-electron chi connectivity index (χ4n) is 2.76. The monoisotopic (exact) mass is 367 g/mol. The van der Waals surface area contributed by atoms with E-state index in [1.54, 1.807) is 6.92 Å². The first-order valence-electron chi connectivity index (χ1n) is 6.88. The van der Waals surface area contributed by atoms with Crippen LogP contribution < -0.4 is 0 Å². The molecule has 1 atom stereocenters. The van der Waals surface area contributed by atoms with Crippen LogP contribution in [0.5, 0.6) is 0 Å². The number of alkyl halides is 1. The molecular weight excluding hydrogens is 350 g/mol. The molecule has 0 fully saturated rings. The molecule has 0 aliphatic carbocycles.